The van der Waals surface area contributed by atoms with Crippen molar-refractivity contribution in [1.29, 1.82) is 0 Å². The SMILES string of the molecule is Cc1cccc(N2C(=O)NC(=O)/C(=C\c3cc(C)n(-c4ccc(C(C)(C)C)cc4)c3C)C2=O)c1. The second-order valence-corrected chi connectivity index (χ2v) is 9.76. The number of hydrogen-bond acceptors (Lipinski definition) is 3. The molecule has 2 heterocycles. The summed E-state index contributed by atoms with van der Waals surface area (Å²) in [5, 5.41) is 2.29. The molecule has 1 aliphatic rings. The van der Waals surface area contributed by atoms with Gasteiger partial charge in [0.05, 0.1) is 5.69 Å². The van der Waals surface area contributed by atoms with Gasteiger partial charge in [-0.25, -0.2) is 9.69 Å². The molecule has 1 aromatic heterocycles. The molecule has 1 fully saturated rings. The van der Waals surface area contributed by atoms with Gasteiger partial charge in [-0.3, -0.25) is 14.9 Å². The van der Waals surface area contributed by atoms with Crippen LogP contribution in [0.5, 0.6) is 0 Å². The van der Waals surface area contributed by atoms with Crippen molar-refractivity contribution in [2.45, 2.75) is 47.0 Å². The van der Waals surface area contributed by atoms with Crippen LogP contribution in [0.2, 0.25) is 0 Å². The molecule has 0 aliphatic carbocycles. The fourth-order valence-corrected chi connectivity index (χ4v) is 4.26. The first-order chi connectivity index (χ1) is 16.0. The summed E-state index contributed by atoms with van der Waals surface area (Å²) in [6.45, 7) is 12.3. The monoisotopic (exact) mass is 455 g/mol. The van der Waals surface area contributed by atoms with Crippen molar-refractivity contribution < 1.29 is 14.4 Å². The fraction of sp³-hybridized carbons (Fsp3) is 0.250. The van der Waals surface area contributed by atoms with Crippen LogP contribution in [0.3, 0.4) is 0 Å². The Labute approximate surface area is 199 Å². The van der Waals surface area contributed by atoms with Crippen LogP contribution in [-0.2, 0) is 15.0 Å². The summed E-state index contributed by atoms with van der Waals surface area (Å²) in [6.07, 6.45) is 1.56. The topological polar surface area (TPSA) is 71.4 Å². The number of carbonyl (C=O) groups excluding carboxylic acids is 3. The van der Waals surface area contributed by atoms with Gasteiger partial charge in [0, 0.05) is 17.1 Å². The van der Waals surface area contributed by atoms with Gasteiger partial charge in [-0.15, -0.1) is 0 Å². The van der Waals surface area contributed by atoms with E-state index in [1.807, 2.05) is 32.9 Å². The number of anilines is 1. The molecule has 3 aromatic rings. The second-order valence-electron chi connectivity index (χ2n) is 9.76. The van der Waals surface area contributed by atoms with Crippen LogP contribution < -0.4 is 10.2 Å². The van der Waals surface area contributed by atoms with Crippen molar-refractivity contribution in [3.63, 3.8) is 0 Å². The number of aryl methyl sites for hydroxylation is 2. The maximum absolute atomic E-state index is 13.2. The van der Waals surface area contributed by atoms with E-state index in [-0.39, 0.29) is 11.0 Å². The molecule has 6 nitrogen and oxygen atoms in total. The summed E-state index contributed by atoms with van der Waals surface area (Å²) in [6, 6.07) is 16.6. The van der Waals surface area contributed by atoms with Gasteiger partial charge < -0.3 is 4.57 Å². The van der Waals surface area contributed by atoms with Gasteiger partial charge in [-0.1, -0.05) is 45.0 Å². The van der Waals surface area contributed by atoms with Crippen LogP contribution in [0.1, 0.15) is 48.8 Å². The Hall–Kier alpha value is -3.93. The summed E-state index contributed by atoms with van der Waals surface area (Å²) in [5.41, 5.74) is 6.17. The van der Waals surface area contributed by atoms with Crippen LogP contribution in [0, 0.1) is 20.8 Å². The predicted octanol–water partition coefficient (Wildman–Crippen LogP) is 5.37. The average Bonchev–Trinajstić information content (AvgIpc) is 3.03. The molecule has 1 saturated heterocycles. The first kappa shape index (κ1) is 23.2. The van der Waals surface area contributed by atoms with E-state index in [0.717, 1.165) is 33.1 Å². The first-order valence-electron chi connectivity index (χ1n) is 11.3. The molecule has 0 spiro atoms. The molecule has 1 aliphatic heterocycles. The molecule has 4 amide bonds. The van der Waals surface area contributed by atoms with Gasteiger partial charge >= 0.3 is 6.03 Å². The Morgan fingerprint density at radius 1 is 0.853 bits per heavy atom. The Morgan fingerprint density at radius 2 is 1.53 bits per heavy atom. The number of carbonyl (C=O) groups is 3. The summed E-state index contributed by atoms with van der Waals surface area (Å²) < 4.78 is 2.09. The molecule has 0 unspecified atom stereocenters. The van der Waals surface area contributed by atoms with Crippen LogP contribution in [0.15, 0.2) is 60.2 Å². The van der Waals surface area contributed by atoms with Crippen LogP contribution in [-0.4, -0.2) is 22.4 Å². The number of hydrogen-bond donors (Lipinski definition) is 1. The van der Waals surface area contributed by atoms with E-state index >= 15 is 0 Å². The third-order valence-electron chi connectivity index (χ3n) is 6.12. The number of benzene rings is 2. The van der Waals surface area contributed by atoms with E-state index in [9.17, 15) is 14.4 Å². The zero-order valence-corrected chi connectivity index (χ0v) is 20.4. The zero-order valence-electron chi connectivity index (χ0n) is 20.4. The molecule has 0 radical (unpaired) electrons. The lowest BCUT2D eigenvalue weighted by Gasteiger charge is -2.26. The first-order valence-corrected chi connectivity index (χ1v) is 11.3. The summed E-state index contributed by atoms with van der Waals surface area (Å²) in [5.74, 6) is -1.34. The van der Waals surface area contributed by atoms with Gasteiger partial charge in [0.1, 0.15) is 5.57 Å². The molecule has 2 aromatic carbocycles. The van der Waals surface area contributed by atoms with Crippen molar-refractivity contribution in [3.05, 3.63) is 88.2 Å². The minimum atomic E-state index is -0.748. The average molecular weight is 456 g/mol. The van der Waals surface area contributed by atoms with Gasteiger partial charge in [-0.05, 0) is 79.3 Å². The Kier molecular flexibility index (Phi) is 5.77. The molecule has 1 N–H and O–H groups in total. The van der Waals surface area contributed by atoms with Gasteiger partial charge in [0.2, 0.25) is 0 Å². The highest BCUT2D eigenvalue weighted by molar-refractivity contribution is 6.39. The largest absolute Gasteiger partial charge is 0.335 e. The van der Waals surface area contributed by atoms with E-state index in [0.29, 0.717) is 5.69 Å². The van der Waals surface area contributed by atoms with E-state index in [4.69, 9.17) is 0 Å². The quantitative estimate of drug-likeness (QED) is 0.427. The smallest absolute Gasteiger partial charge is 0.318 e. The number of urea groups is 1. The third kappa shape index (κ3) is 4.19. The highest BCUT2D eigenvalue weighted by Crippen LogP contribution is 2.28. The lowest BCUT2D eigenvalue weighted by Crippen LogP contribution is -2.54. The fourth-order valence-electron chi connectivity index (χ4n) is 4.26. The van der Waals surface area contributed by atoms with Crippen molar-refractivity contribution in [2.24, 2.45) is 0 Å². The van der Waals surface area contributed by atoms with Crippen LogP contribution in [0.25, 0.3) is 11.8 Å². The number of nitrogens with zero attached hydrogens (tertiary/aromatic N) is 2. The number of rotatable bonds is 3. The van der Waals surface area contributed by atoms with Crippen molar-refractivity contribution in [2.75, 3.05) is 4.90 Å². The Bertz CT molecular complexity index is 1340. The minimum absolute atomic E-state index is 0.0597. The van der Waals surface area contributed by atoms with Crippen molar-refractivity contribution in [3.8, 4) is 5.69 Å². The lowest BCUT2D eigenvalue weighted by molar-refractivity contribution is -0.122. The zero-order chi connectivity index (χ0) is 24.8. The molecule has 0 atom stereocenters. The maximum Gasteiger partial charge on any atom is 0.335 e. The normalized spacial score (nSPS) is 15.8. The summed E-state index contributed by atoms with van der Waals surface area (Å²) in [4.78, 5) is 39.3. The molecular weight excluding hydrogens is 426 g/mol. The highest BCUT2D eigenvalue weighted by atomic mass is 16.2. The van der Waals surface area contributed by atoms with Crippen molar-refractivity contribution >= 4 is 29.6 Å². The van der Waals surface area contributed by atoms with E-state index in [1.165, 1.54) is 5.56 Å². The van der Waals surface area contributed by atoms with E-state index in [1.54, 1.807) is 24.3 Å². The molecular formula is C28H29N3O3. The van der Waals surface area contributed by atoms with E-state index in [2.05, 4.69) is 54.9 Å². The number of amides is 4. The van der Waals surface area contributed by atoms with Gasteiger partial charge in [-0.2, -0.15) is 0 Å². The number of imide groups is 2. The van der Waals surface area contributed by atoms with Crippen LogP contribution >= 0.6 is 0 Å². The summed E-state index contributed by atoms with van der Waals surface area (Å²) >= 11 is 0. The molecule has 174 valence electrons. The standard InChI is InChI=1S/C28H29N3O3/c1-17-8-7-9-23(14-17)31-26(33)24(25(32)29-27(31)34)16-20-15-18(2)30(19(20)3)22-12-10-21(11-13-22)28(4,5)6/h7-16H,1-6H3,(H,29,32,34)/b24-16+. The third-order valence-corrected chi connectivity index (χ3v) is 6.12. The summed E-state index contributed by atoms with van der Waals surface area (Å²) in [7, 11) is 0. The van der Waals surface area contributed by atoms with Crippen molar-refractivity contribution in [1.82, 2.24) is 9.88 Å². The predicted molar refractivity (Wildman–Crippen MR) is 134 cm³/mol. The van der Waals surface area contributed by atoms with E-state index < -0.39 is 17.8 Å². The molecule has 4 rings (SSSR count). The van der Waals surface area contributed by atoms with Gasteiger partial charge in [0.25, 0.3) is 11.8 Å². The molecule has 34 heavy (non-hydrogen) atoms. The maximum atomic E-state index is 13.2. The number of barbiturate groups is 1. The lowest BCUT2D eigenvalue weighted by atomic mass is 9.87. The highest BCUT2D eigenvalue weighted by Gasteiger charge is 2.37. The number of aromatic nitrogens is 1. The second kappa shape index (κ2) is 8.45. The number of nitrogens with one attached hydrogen (secondary N) is 1. The molecule has 0 saturated carbocycles. The minimum Gasteiger partial charge on any atom is -0.318 e. The Morgan fingerprint density at radius 3 is 2.15 bits per heavy atom. The van der Waals surface area contributed by atoms with Gasteiger partial charge in [0.15, 0.2) is 0 Å². The molecule has 0 bridgehead atoms. The Balaban J connectivity index is 1.73. The molecule has 6 heteroatoms. The van der Waals surface area contributed by atoms with Crippen LogP contribution in [0.4, 0.5) is 10.5 Å².